The quantitative estimate of drug-likeness (QED) is 0.583. The molecule has 0 heterocycles. The molecular weight excluding hydrogens is 168 g/mol. The van der Waals surface area contributed by atoms with Crippen LogP contribution in [0.1, 0.15) is 44.2 Å². The third kappa shape index (κ3) is 1.39. The average Bonchev–Trinajstić information content (AvgIpc) is 2.58. The van der Waals surface area contributed by atoms with Crippen LogP contribution in [0.25, 0.3) is 12.2 Å². The molecule has 1 unspecified atom stereocenters. The summed E-state index contributed by atoms with van der Waals surface area (Å²) >= 11 is 0. The zero-order chi connectivity index (χ0) is 10.1. The number of hydrogen-bond acceptors (Lipinski definition) is 0. The topological polar surface area (TPSA) is 0 Å². The van der Waals surface area contributed by atoms with Crippen molar-refractivity contribution in [3.63, 3.8) is 0 Å². The fourth-order valence-electron chi connectivity index (χ4n) is 2.40. The Morgan fingerprint density at radius 1 is 1.14 bits per heavy atom. The molecule has 1 atom stereocenters. The molecule has 1 aromatic carbocycles. The largest absolute Gasteiger partial charge is 0.0798 e. The molecule has 0 aromatic heterocycles. The van der Waals surface area contributed by atoms with Crippen LogP contribution in [0, 0.1) is 0 Å². The van der Waals surface area contributed by atoms with Crippen LogP contribution in [0.3, 0.4) is 0 Å². The molecule has 0 bridgehead atoms. The molecule has 0 saturated carbocycles. The van der Waals surface area contributed by atoms with Crippen LogP contribution >= 0.6 is 0 Å². The van der Waals surface area contributed by atoms with Crippen molar-refractivity contribution in [1.82, 2.24) is 0 Å². The zero-order valence-corrected chi connectivity index (χ0v) is 9.30. The molecule has 0 radical (unpaired) electrons. The average molecular weight is 186 g/mol. The van der Waals surface area contributed by atoms with E-state index >= 15 is 0 Å². The number of benzene rings is 1. The van der Waals surface area contributed by atoms with Crippen molar-refractivity contribution in [1.29, 1.82) is 0 Å². The first-order valence-electron chi connectivity index (χ1n) is 5.51. The van der Waals surface area contributed by atoms with Gasteiger partial charge in [0.2, 0.25) is 0 Å². The maximum atomic E-state index is 2.38. The van der Waals surface area contributed by atoms with E-state index in [0.29, 0.717) is 0 Å². The van der Waals surface area contributed by atoms with Crippen molar-refractivity contribution in [3.8, 4) is 0 Å². The van der Waals surface area contributed by atoms with E-state index in [1.165, 1.54) is 23.3 Å². The molecule has 0 heteroatoms. The summed E-state index contributed by atoms with van der Waals surface area (Å²) < 4.78 is 0. The molecule has 0 N–H and O–H groups in total. The molecule has 74 valence electrons. The van der Waals surface area contributed by atoms with Crippen LogP contribution in [-0.4, -0.2) is 0 Å². The van der Waals surface area contributed by atoms with Gasteiger partial charge in [0.05, 0.1) is 0 Å². The van der Waals surface area contributed by atoms with Gasteiger partial charge in [0.25, 0.3) is 0 Å². The summed E-state index contributed by atoms with van der Waals surface area (Å²) in [4.78, 5) is 0. The summed E-state index contributed by atoms with van der Waals surface area (Å²) in [5, 5.41) is 2.78. The van der Waals surface area contributed by atoms with Crippen LogP contribution in [0.15, 0.2) is 12.1 Å². The SMILES string of the molecule is C/C=c1/cc2c(c/c1=C/C)C(C)CC2. The number of fused-ring (bicyclic) bond motifs is 1. The van der Waals surface area contributed by atoms with Gasteiger partial charge in [-0.1, -0.05) is 31.2 Å². The predicted octanol–water partition coefficient (Wildman–Crippen LogP) is 2.34. The second-order valence-electron chi connectivity index (χ2n) is 4.20. The van der Waals surface area contributed by atoms with Crippen molar-refractivity contribution < 1.29 is 0 Å². The van der Waals surface area contributed by atoms with Crippen molar-refractivity contribution in [2.75, 3.05) is 0 Å². The summed E-state index contributed by atoms with van der Waals surface area (Å²) in [6, 6.07) is 4.75. The lowest BCUT2D eigenvalue weighted by atomic mass is 10.0. The van der Waals surface area contributed by atoms with Crippen LogP contribution in [0.5, 0.6) is 0 Å². The van der Waals surface area contributed by atoms with Crippen molar-refractivity contribution in [2.45, 2.75) is 39.5 Å². The van der Waals surface area contributed by atoms with Gasteiger partial charge in [-0.3, -0.25) is 0 Å². The minimum Gasteiger partial charge on any atom is -0.0798 e. The van der Waals surface area contributed by atoms with E-state index in [1.807, 2.05) is 0 Å². The van der Waals surface area contributed by atoms with Gasteiger partial charge in [0.15, 0.2) is 0 Å². The number of aryl methyl sites for hydroxylation is 1. The molecular formula is C14H18. The van der Waals surface area contributed by atoms with Crippen LogP contribution in [-0.2, 0) is 6.42 Å². The first kappa shape index (κ1) is 9.51. The van der Waals surface area contributed by atoms with Gasteiger partial charge >= 0.3 is 0 Å². The van der Waals surface area contributed by atoms with Crippen molar-refractivity contribution >= 4 is 12.2 Å². The minimum atomic E-state index is 0.759. The number of rotatable bonds is 0. The summed E-state index contributed by atoms with van der Waals surface area (Å²) in [6.07, 6.45) is 7.01. The molecule has 0 saturated heterocycles. The highest BCUT2D eigenvalue weighted by molar-refractivity contribution is 5.40. The third-order valence-electron chi connectivity index (χ3n) is 3.34. The first-order valence-corrected chi connectivity index (χ1v) is 5.51. The summed E-state index contributed by atoms with van der Waals surface area (Å²) in [5.41, 5.74) is 3.14. The van der Waals surface area contributed by atoms with Crippen LogP contribution < -0.4 is 10.4 Å². The van der Waals surface area contributed by atoms with Crippen molar-refractivity contribution in [2.24, 2.45) is 0 Å². The van der Waals surface area contributed by atoms with Crippen molar-refractivity contribution in [3.05, 3.63) is 33.7 Å². The fraction of sp³-hybridized carbons (Fsp3) is 0.429. The van der Waals surface area contributed by atoms with E-state index in [0.717, 1.165) is 5.92 Å². The second kappa shape index (κ2) is 3.61. The van der Waals surface area contributed by atoms with Gasteiger partial charge in [-0.2, -0.15) is 0 Å². The molecule has 0 nitrogen and oxygen atoms in total. The lowest BCUT2D eigenvalue weighted by Crippen LogP contribution is -2.25. The molecule has 1 aliphatic rings. The molecule has 1 aromatic rings. The highest BCUT2D eigenvalue weighted by atomic mass is 14.2. The van der Waals surface area contributed by atoms with Gasteiger partial charge < -0.3 is 0 Å². The van der Waals surface area contributed by atoms with Crippen LogP contribution in [0.4, 0.5) is 0 Å². The second-order valence-corrected chi connectivity index (χ2v) is 4.20. The van der Waals surface area contributed by atoms with Gasteiger partial charge in [-0.25, -0.2) is 0 Å². The Hall–Kier alpha value is -1.04. The third-order valence-corrected chi connectivity index (χ3v) is 3.34. The molecule has 2 rings (SSSR count). The molecule has 0 aliphatic heterocycles. The zero-order valence-electron chi connectivity index (χ0n) is 9.30. The van der Waals surface area contributed by atoms with E-state index in [9.17, 15) is 0 Å². The van der Waals surface area contributed by atoms with E-state index in [4.69, 9.17) is 0 Å². The normalized spacial score (nSPS) is 22.9. The Morgan fingerprint density at radius 3 is 2.43 bits per heavy atom. The Kier molecular flexibility index (Phi) is 2.45. The summed E-state index contributed by atoms with van der Waals surface area (Å²) in [5.74, 6) is 0.759. The number of hydrogen-bond donors (Lipinski definition) is 0. The highest BCUT2D eigenvalue weighted by Gasteiger charge is 2.17. The predicted molar refractivity (Wildman–Crippen MR) is 62.7 cm³/mol. The maximum absolute atomic E-state index is 2.38. The first-order chi connectivity index (χ1) is 6.76. The molecule has 0 spiro atoms. The lowest BCUT2D eigenvalue weighted by Gasteiger charge is -2.04. The Morgan fingerprint density at radius 2 is 1.79 bits per heavy atom. The Balaban J connectivity index is 2.74. The van der Waals surface area contributed by atoms with E-state index in [-0.39, 0.29) is 0 Å². The fourth-order valence-corrected chi connectivity index (χ4v) is 2.40. The van der Waals surface area contributed by atoms with Gasteiger partial charge in [0.1, 0.15) is 0 Å². The molecule has 0 amide bonds. The monoisotopic (exact) mass is 186 g/mol. The molecule has 1 aliphatic carbocycles. The molecule has 0 fully saturated rings. The minimum absolute atomic E-state index is 0.759. The highest BCUT2D eigenvalue weighted by Crippen LogP contribution is 2.30. The van der Waals surface area contributed by atoms with E-state index in [1.54, 1.807) is 11.1 Å². The van der Waals surface area contributed by atoms with E-state index < -0.39 is 0 Å². The Labute approximate surface area is 86.0 Å². The van der Waals surface area contributed by atoms with Gasteiger partial charge in [0, 0.05) is 0 Å². The smallest absolute Gasteiger partial charge is 0.0184 e. The van der Waals surface area contributed by atoms with Crippen LogP contribution in [0.2, 0.25) is 0 Å². The lowest BCUT2D eigenvalue weighted by molar-refractivity contribution is 0.747. The summed E-state index contributed by atoms with van der Waals surface area (Å²) in [6.45, 7) is 6.57. The maximum Gasteiger partial charge on any atom is -0.0184 e. The van der Waals surface area contributed by atoms with E-state index in [2.05, 4.69) is 45.1 Å². The van der Waals surface area contributed by atoms with Gasteiger partial charge in [-0.05, 0) is 54.2 Å². The summed E-state index contributed by atoms with van der Waals surface area (Å²) in [7, 11) is 0. The molecule has 14 heavy (non-hydrogen) atoms. The Bertz CT molecular complexity index is 452. The van der Waals surface area contributed by atoms with Gasteiger partial charge in [-0.15, -0.1) is 0 Å². The standard InChI is InChI=1S/C14H18/c1-4-11-8-13-7-6-10(3)14(13)9-12(11)5-2/h4-5,8-10H,6-7H2,1-3H3/b11-4-,12-5-.